The van der Waals surface area contributed by atoms with Gasteiger partial charge in [-0.15, -0.1) is 0 Å². The number of aryl methyl sites for hydroxylation is 1. The number of aromatic nitrogens is 1. The van der Waals surface area contributed by atoms with Crippen LogP contribution >= 0.6 is 15.9 Å². The minimum absolute atomic E-state index is 0.0232. The molecule has 6 heteroatoms. The predicted octanol–water partition coefficient (Wildman–Crippen LogP) is 2.82. The molecule has 0 aliphatic carbocycles. The highest BCUT2D eigenvalue weighted by atomic mass is 79.9. The number of carbonyl (C=O) groups excluding carboxylic acids is 2. The molecule has 0 atom stereocenters. The smallest absolute Gasteiger partial charge is 0.240 e. The molecule has 0 fully saturated rings. The van der Waals surface area contributed by atoms with Crippen molar-refractivity contribution in [3.05, 3.63) is 58.3 Å². The summed E-state index contributed by atoms with van der Waals surface area (Å²) >= 11 is 3.39. The molecule has 1 heterocycles. The molecule has 0 aliphatic rings. The Labute approximate surface area is 143 Å². The van der Waals surface area contributed by atoms with Gasteiger partial charge in [-0.1, -0.05) is 22.0 Å². The summed E-state index contributed by atoms with van der Waals surface area (Å²) in [6.45, 7) is 3.67. The molecule has 1 aromatic heterocycles. The van der Waals surface area contributed by atoms with E-state index in [1.807, 2.05) is 43.3 Å². The zero-order valence-corrected chi connectivity index (χ0v) is 14.6. The molecule has 5 nitrogen and oxygen atoms in total. The maximum Gasteiger partial charge on any atom is 0.240 e. The number of anilines is 1. The van der Waals surface area contributed by atoms with Crippen molar-refractivity contribution < 1.29 is 9.59 Å². The Morgan fingerprint density at radius 1 is 1.26 bits per heavy atom. The minimum atomic E-state index is -0.229. The molecule has 0 saturated carbocycles. The summed E-state index contributed by atoms with van der Waals surface area (Å²) in [5.74, 6) is -0.406. The van der Waals surface area contributed by atoms with Crippen molar-refractivity contribution in [1.29, 1.82) is 0 Å². The van der Waals surface area contributed by atoms with Crippen LogP contribution in [-0.4, -0.2) is 23.3 Å². The number of benzene rings is 1. The molecule has 0 saturated heterocycles. The molecule has 2 amide bonds. The molecule has 0 aliphatic heterocycles. The van der Waals surface area contributed by atoms with Gasteiger partial charge in [-0.05, 0) is 42.8 Å². The van der Waals surface area contributed by atoms with Crippen LogP contribution in [-0.2, 0) is 16.1 Å². The second-order valence-electron chi connectivity index (χ2n) is 5.13. The lowest BCUT2D eigenvalue weighted by Gasteiger charge is -2.22. The average Bonchev–Trinajstić information content (AvgIpc) is 2.52. The van der Waals surface area contributed by atoms with Crippen molar-refractivity contribution in [3.63, 3.8) is 0 Å². The van der Waals surface area contributed by atoms with Gasteiger partial charge < -0.3 is 10.2 Å². The Morgan fingerprint density at radius 3 is 2.65 bits per heavy atom. The number of carbonyl (C=O) groups is 2. The van der Waals surface area contributed by atoms with Gasteiger partial charge in [-0.2, -0.15) is 0 Å². The number of amides is 2. The predicted molar refractivity (Wildman–Crippen MR) is 93.0 cm³/mol. The van der Waals surface area contributed by atoms with E-state index in [0.29, 0.717) is 6.54 Å². The fourth-order valence-electron chi connectivity index (χ4n) is 2.18. The van der Waals surface area contributed by atoms with E-state index in [4.69, 9.17) is 0 Å². The third kappa shape index (κ3) is 4.89. The van der Waals surface area contributed by atoms with Gasteiger partial charge in [0, 0.05) is 23.3 Å². The highest BCUT2D eigenvalue weighted by Gasteiger charge is 2.17. The first-order valence-electron chi connectivity index (χ1n) is 7.18. The second-order valence-corrected chi connectivity index (χ2v) is 6.05. The van der Waals surface area contributed by atoms with Crippen molar-refractivity contribution in [2.45, 2.75) is 20.4 Å². The van der Waals surface area contributed by atoms with Gasteiger partial charge >= 0.3 is 0 Å². The summed E-state index contributed by atoms with van der Waals surface area (Å²) in [6, 6.07) is 11.1. The standard InChI is InChI=1S/C17H18BrN3O2/c1-12-9-14(18)6-7-16(12)21(13(2)22)11-17(23)20-10-15-5-3-4-8-19-15/h3-9H,10-11H2,1-2H3,(H,20,23). The first-order chi connectivity index (χ1) is 11.0. The van der Waals surface area contributed by atoms with Gasteiger partial charge in [0.15, 0.2) is 0 Å². The van der Waals surface area contributed by atoms with Crippen LogP contribution < -0.4 is 10.2 Å². The van der Waals surface area contributed by atoms with E-state index in [2.05, 4.69) is 26.2 Å². The molecule has 1 aromatic carbocycles. The Kier molecular flexibility index (Phi) is 5.87. The fourth-order valence-corrected chi connectivity index (χ4v) is 2.65. The van der Waals surface area contributed by atoms with Crippen LogP contribution in [0.15, 0.2) is 47.1 Å². The van der Waals surface area contributed by atoms with E-state index < -0.39 is 0 Å². The highest BCUT2D eigenvalue weighted by molar-refractivity contribution is 9.10. The number of halogens is 1. The third-order valence-electron chi connectivity index (χ3n) is 3.32. The largest absolute Gasteiger partial charge is 0.349 e. The highest BCUT2D eigenvalue weighted by Crippen LogP contribution is 2.23. The van der Waals surface area contributed by atoms with Crippen LogP contribution in [0.3, 0.4) is 0 Å². The van der Waals surface area contributed by atoms with Crippen LogP contribution in [0.1, 0.15) is 18.2 Å². The van der Waals surface area contributed by atoms with Gasteiger partial charge in [0.25, 0.3) is 0 Å². The number of hydrogen-bond acceptors (Lipinski definition) is 3. The zero-order valence-electron chi connectivity index (χ0n) is 13.0. The van der Waals surface area contributed by atoms with Crippen molar-refractivity contribution in [2.24, 2.45) is 0 Å². The van der Waals surface area contributed by atoms with E-state index in [-0.39, 0.29) is 18.4 Å². The van der Waals surface area contributed by atoms with Crippen LogP contribution in [0.2, 0.25) is 0 Å². The number of nitrogens with zero attached hydrogens (tertiary/aromatic N) is 2. The van der Waals surface area contributed by atoms with Crippen LogP contribution in [0.4, 0.5) is 5.69 Å². The Hall–Kier alpha value is -2.21. The van der Waals surface area contributed by atoms with Crippen molar-refractivity contribution >= 4 is 33.4 Å². The maximum absolute atomic E-state index is 12.1. The molecule has 0 radical (unpaired) electrons. The zero-order chi connectivity index (χ0) is 16.8. The molecule has 1 N–H and O–H groups in total. The van der Waals surface area contributed by atoms with Gasteiger partial charge in [0.2, 0.25) is 11.8 Å². The van der Waals surface area contributed by atoms with Crippen molar-refractivity contribution in [1.82, 2.24) is 10.3 Å². The third-order valence-corrected chi connectivity index (χ3v) is 3.82. The molecule has 0 bridgehead atoms. The Balaban J connectivity index is 2.04. The van der Waals surface area contributed by atoms with E-state index in [0.717, 1.165) is 21.4 Å². The van der Waals surface area contributed by atoms with Gasteiger partial charge in [0.05, 0.1) is 12.2 Å². The average molecular weight is 376 g/mol. The SMILES string of the molecule is CC(=O)N(CC(=O)NCc1ccccn1)c1ccc(Br)cc1C. The van der Waals surface area contributed by atoms with Crippen LogP contribution in [0.25, 0.3) is 0 Å². The lowest BCUT2D eigenvalue weighted by atomic mass is 10.2. The molecular weight excluding hydrogens is 358 g/mol. The first kappa shape index (κ1) is 17.1. The molecular formula is C17H18BrN3O2. The normalized spacial score (nSPS) is 10.2. The topological polar surface area (TPSA) is 62.3 Å². The van der Waals surface area contributed by atoms with Crippen molar-refractivity contribution in [2.75, 3.05) is 11.4 Å². The molecule has 2 rings (SSSR count). The van der Waals surface area contributed by atoms with E-state index in [9.17, 15) is 9.59 Å². The number of rotatable bonds is 5. The summed E-state index contributed by atoms with van der Waals surface area (Å²) in [5, 5.41) is 2.78. The van der Waals surface area contributed by atoms with Crippen LogP contribution in [0.5, 0.6) is 0 Å². The van der Waals surface area contributed by atoms with Gasteiger partial charge in [-0.25, -0.2) is 0 Å². The summed E-state index contributed by atoms with van der Waals surface area (Å²) in [5.41, 5.74) is 2.43. The van der Waals surface area contributed by atoms with E-state index in [1.165, 1.54) is 11.8 Å². The summed E-state index contributed by atoms with van der Waals surface area (Å²) in [6.07, 6.45) is 1.68. The molecule has 23 heavy (non-hydrogen) atoms. The van der Waals surface area contributed by atoms with Crippen LogP contribution in [0, 0.1) is 6.92 Å². The van der Waals surface area contributed by atoms with E-state index in [1.54, 1.807) is 6.20 Å². The summed E-state index contributed by atoms with van der Waals surface area (Å²) in [4.78, 5) is 29.7. The number of hydrogen-bond donors (Lipinski definition) is 1. The first-order valence-corrected chi connectivity index (χ1v) is 7.97. The van der Waals surface area contributed by atoms with Crippen molar-refractivity contribution in [3.8, 4) is 0 Å². The molecule has 0 unspecified atom stereocenters. The lowest BCUT2D eigenvalue weighted by Crippen LogP contribution is -2.40. The Bertz CT molecular complexity index is 704. The quantitative estimate of drug-likeness (QED) is 0.873. The monoisotopic (exact) mass is 375 g/mol. The lowest BCUT2D eigenvalue weighted by molar-refractivity contribution is -0.123. The maximum atomic E-state index is 12.1. The summed E-state index contributed by atoms with van der Waals surface area (Å²) < 4.78 is 0.932. The number of nitrogens with one attached hydrogen (secondary N) is 1. The second kappa shape index (κ2) is 7.87. The van der Waals surface area contributed by atoms with Gasteiger partial charge in [0.1, 0.15) is 6.54 Å². The molecule has 120 valence electrons. The Morgan fingerprint density at radius 2 is 2.04 bits per heavy atom. The fraction of sp³-hybridized carbons (Fsp3) is 0.235. The summed E-state index contributed by atoms with van der Waals surface area (Å²) in [7, 11) is 0. The number of pyridine rings is 1. The molecule has 0 spiro atoms. The van der Waals surface area contributed by atoms with E-state index >= 15 is 0 Å². The van der Waals surface area contributed by atoms with Gasteiger partial charge in [-0.3, -0.25) is 14.6 Å². The minimum Gasteiger partial charge on any atom is -0.349 e. The molecule has 2 aromatic rings.